The van der Waals surface area contributed by atoms with Crippen LogP contribution in [0.5, 0.6) is 0 Å². The smallest absolute Gasteiger partial charge is 0.350 e. The van der Waals surface area contributed by atoms with Crippen LogP contribution >= 0.6 is 0 Å². The van der Waals surface area contributed by atoms with Crippen molar-refractivity contribution in [3.63, 3.8) is 0 Å². The number of ether oxygens (including phenoxy) is 3. The number of unbranched alkanes of at least 4 members (excludes halogenated alkanes) is 13. The van der Waals surface area contributed by atoms with Crippen LogP contribution in [0.3, 0.4) is 0 Å². The highest BCUT2D eigenvalue weighted by molar-refractivity contribution is 5.82. The summed E-state index contributed by atoms with van der Waals surface area (Å²) in [7, 11) is 0. The van der Waals surface area contributed by atoms with Crippen molar-refractivity contribution in [3.8, 4) is 0 Å². The van der Waals surface area contributed by atoms with E-state index in [0.717, 1.165) is 122 Å². The molecule has 3 fully saturated rings. The van der Waals surface area contributed by atoms with E-state index in [1.54, 1.807) is 0 Å². The number of carbonyl (C=O) groups excluding carboxylic acids is 2. The molecule has 0 bridgehead atoms. The van der Waals surface area contributed by atoms with Crippen molar-refractivity contribution in [3.05, 3.63) is 0 Å². The van der Waals surface area contributed by atoms with Gasteiger partial charge in [-0.3, -0.25) is 14.2 Å². The first-order valence-electron chi connectivity index (χ1n) is 23.8. The number of nitrogens with one attached hydrogen (secondary N) is 2. The van der Waals surface area contributed by atoms with Crippen LogP contribution in [0.1, 0.15) is 194 Å². The molecule has 5 aliphatic heterocycles. The van der Waals surface area contributed by atoms with Gasteiger partial charge in [-0.05, 0) is 97.1 Å². The number of hydrogen-bond donors (Lipinski definition) is 4. The molecular formula is C45H83ClN6O5. The van der Waals surface area contributed by atoms with Gasteiger partial charge in [0, 0.05) is 38.8 Å². The average molecular weight is 824 g/mol. The van der Waals surface area contributed by atoms with Gasteiger partial charge in [-0.15, -0.1) is 0 Å². The molecule has 6 N–H and O–H groups in total. The minimum atomic E-state index is -0.738. The van der Waals surface area contributed by atoms with Crippen LogP contribution in [0.2, 0.25) is 0 Å². The van der Waals surface area contributed by atoms with E-state index in [1.165, 1.54) is 70.6 Å². The molecule has 0 saturated carbocycles. The SMILES string of the molecule is CC[C@H]1CCCC[C@@]2(C[C@@H]3CC[C@@H]4[C@H](C(=O)OCCCCCCCCCCCCCCCC(=O)N(CCCN)CCCCN)[C@]5(CCC[C@@H](C)O5)NC(=[N+]34)N2)O1.[Cl-]. The molecular weight excluding hydrogens is 740 g/mol. The van der Waals surface area contributed by atoms with Gasteiger partial charge in [0.2, 0.25) is 11.6 Å². The van der Waals surface area contributed by atoms with Gasteiger partial charge in [0.15, 0.2) is 11.6 Å². The quantitative estimate of drug-likeness (QED) is 0.0600. The maximum Gasteiger partial charge on any atom is 0.350 e. The number of hydrogen-bond acceptors (Lipinski definition) is 9. The molecule has 0 unspecified atom stereocenters. The maximum atomic E-state index is 14.1. The second kappa shape index (κ2) is 25.2. The van der Waals surface area contributed by atoms with Crippen LogP contribution in [0.4, 0.5) is 0 Å². The highest BCUT2D eigenvalue weighted by Crippen LogP contribution is 2.46. The minimum Gasteiger partial charge on any atom is -1.00 e. The zero-order chi connectivity index (χ0) is 39.6. The van der Waals surface area contributed by atoms with Crippen LogP contribution in [-0.2, 0) is 23.8 Å². The fourth-order valence-electron chi connectivity index (χ4n) is 10.6. The average Bonchev–Trinajstić information content (AvgIpc) is 3.49. The van der Waals surface area contributed by atoms with Gasteiger partial charge in [-0.1, -0.05) is 84.0 Å². The third kappa shape index (κ3) is 13.9. The Morgan fingerprint density at radius 1 is 0.772 bits per heavy atom. The standard InChI is InChI=1S/C45H82N6O5.ClH/c1-3-38-24-16-17-28-44(56-38)35-37-26-27-39-41(45(29-21-23-36(2)55-45)49-43(48-44)51(37)39)42(53)54-34-20-14-12-10-8-6-4-5-7-9-11-13-15-25-40(52)50(33-22-31-47)32-19-18-30-46;/h36-39,41H,3-35,46-47H2,1-2H3,(H,48,49);1H/t36-,37+,38+,39-,41-,44+,45-;/m1./s1. The summed E-state index contributed by atoms with van der Waals surface area (Å²) in [6, 6.07) is 0.448. The van der Waals surface area contributed by atoms with Crippen LogP contribution in [0.15, 0.2) is 0 Å². The van der Waals surface area contributed by atoms with E-state index in [9.17, 15) is 9.59 Å². The molecule has 0 radical (unpaired) electrons. The molecule has 5 heterocycles. The second-order valence-corrected chi connectivity index (χ2v) is 18.1. The van der Waals surface area contributed by atoms with Crippen LogP contribution in [0.25, 0.3) is 0 Å². The molecule has 7 atom stereocenters. The van der Waals surface area contributed by atoms with E-state index < -0.39 is 5.72 Å². The molecule has 57 heavy (non-hydrogen) atoms. The minimum absolute atomic E-state index is 0. The zero-order valence-corrected chi connectivity index (χ0v) is 36.9. The number of guanidine groups is 1. The maximum absolute atomic E-state index is 14.1. The van der Waals surface area contributed by atoms with Crippen LogP contribution < -0.4 is 34.5 Å². The van der Waals surface area contributed by atoms with Crippen molar-refractivity contribution < 1.29 is 40.8 Å². The topological polar surface area (TPSA) is 144 Å². The molecule has 5 aliphatic rings. The molecule has 330 valence electrons. The van der Waals surface area contributed by atoms with E-state index in [2.05, 4.69) is 29.1 Å². The summed E-state index contributed by atoms with van der Waals surface area (Å²) < 4.78 is 22.3. The molecule has 0 aromatic rings. The highest BCUT2D eigenvalue weighted by Gasteiger charge is 2.64. The third-order valence-electron chi connectivity index (χ3n) is 13.6. The molecule has 0 aromatic heterocycles. The van der Waals surface area contributed by atoms with E-state index in [4.69, 9.17) is 25.7 Å². The predicted octanol–water partition coefficient (Wildman–Crippen LogP) is 4.37. The lowest BCUT2D eigenvalue weighted by atomic mass is 9.80. The lowest BCUT2D eigenvalue weighted by Crippen LogP contribution is -3.00. The molecule has 2 spiro atoms. The largest absolute Gasteiger partial charge is 1.00 e. The van der Waals surface area contributed by atoms with Crippen molar-refractivity contribution in [2.24, 2.45) is 17.4 Å². The van der Waals surface area contributed by atoms with Crippen molar-refractivity contribution in [2.75, 3.05) is 32.8 Å². The Hall–Kier alpha value is -1.66. The normalized spacial score (nSPS) is 29.3. The van der Waals surface area contributed by atoms with Crippen molar-refractivity contribution in [1.29, 1.82) is 0 Å². The van der Waals surface area contributed by atoms with Crippen molar-refractivity contribution in [2.45, 2.75) is 229 Å². The molecule has 12 heteroatoms. The van der Waals surface area contributed by atoms with Crippen molar-refractivity contribution >= 4 is 17.8 Å². The summed E-state index contributed by atoms with van der Waals surface area (Å²) in [6.07, 6.45) is 31.0. The van der Waals surface area contributed by atoms with Gasteiger partial charge < -0.3 is 43.0 Å². The lowest BCUT2D eigenvalue weighted by Gasteiger charge is -2.50. The number of nitrogens with two attached hydrogens (primary N) is 2. The molecule has 0 aliphatic carbocycles. The Balaban J connectivity index is 0.00000720. The summed E-state index contributed by atoms with van der Waals surface area (Å²) in [5, 5.41) is 7.74. The Kier molecular flexibility index (Phi) is 21.2. The van der Waals surface area contributed by atoms with Gasteiger partial charge >= 0.3 is 11.9 Å². The third-order valence-corrected chi connectivity index (χ3v) is 13.6. The first-order valence-corrected chi connectivity index (χ1v) is 23.8. The van der Waals surface area contributed by atoms with E-state index in [0.29, 0.717) is 38.3 Å². The number of esters is 1. The number of nitrogens with zero attached hydrogens (tertiary/aromatic N) is 2. The first-order chi connectivity index (χ1) is 27.3. The van der Waals surface area contributed by atoms with Gasteiger partial charge in [-0.25, -0.2) is 10.6 Å². The number of halogens is 1. The monoisotopic (exact) mass is 823 g/mol. The number of carbonyl (C=O) groups is 2. The van der Waals surface area contributed by atoms with Crippen molar-refractivity contribution in [1.82, 2.24) is 15.5 Å². The highest BCUT2D eigenvalue weighted by atomic mass is 35.5. The Labute approximate surface area is 352 Å². The Morgan fingerprint density at radius 2 is 1.44 bits per heavy atom. The Morgan fingerprint density at radius 3 is 2.11 bits per heavy atom. The summed E-state index contributed by atoms with van der Waals surface area (Å²) in [6.45, 7) is 7.79. The van der Waals surface area contributed by atoms with Crippen LogP contribution in [0, 0.1) is 5.92 Å². The fourth-order valence-corrected chi connectivity index (χ4v) is 10.6. The Bertz CT molecular complexity index is 1230. The molecule has 3 saturated heterocycles. The molecule has 5 rings (SSSR count). The van der Waals surface area contributed by atoms with Gasteiger partial charge in [0.05, 0.1) is 30.9 Å². The predicted molar refractivity (Wildman–Crippen MR) is 224 cm³/mol. The fraction of sp³-hybridized carbons (Fsp3) is 0.933. The van der Waals surface area contributed by atoms with Crippen LogP contribution in [-0.4, -0.2) is 95.8 Å². The van der Waals surface area contributed by atoms with Gasteiger partial charge in [0.1, 0.15) is 0 Å². The second-order valence-electron chi connectivity index (χ2n) is 18.1. The summed E-state index contributed by atoms with van der Waals surface area (Å²) in [5.41, 5.74) is 10.2. The molecule has 1 amide bonds. The van der Waals surface area contributed by atoms with E-state index in [-0.39, 0.29) is 48.1 Å². The number of rotatable bonds is 25. The van der Waals surface area contributed by atoms with E-state index >= 15 is 0 Å². The molecule has 0 aromatic carbocycles. The lowest BCUT2D eigenvalue weighted by molar-refractivity contribution is -0.609. The number of amides is 1. The summed E-state index contributed by atoms with van der Waals surface area (Å²) >= 11 is 0. The molecule has 11 nitrogen and oxygen atoms in total. The summed E-state index contributed by atoms with van der Waals surface area (Å²) in [4.78, 5) is 28.7. The zero-order valence-electron chi connectivity index (χ0n) is 36.2. The summed E-state index contributed by atoms with van der Waals surface area (Å²) in [5.74, 6) is 0.890. The van der Waals surface area contributed by atoms with Gasteiger partial charge in [0.25, 0.3) is 0 Å². The first kappa shape index (κ1) is 48.0. The van der Waals surface area contributed by atoms with E-state index in [1.807, 2.05) is 4.90 Å². The van der Waals surface area contributed by atoms with Gasteiger partial charge in [-0.2, -0.15) is 0 Å².